The minimum atomic E-state index is -0.814. The summed E-state index contributed by atoms with van der Waals surface area (Å²) >= 11 is 0. The van der Waals surface area contributed by atoms with Gasteiger partial charge in [0, 0.05) is 5.56 Å². The highest BCUT2D eigenvalue weighted by molar-refractivity contribution is 6.07. The Labute approximate surface area is 160 Å². The first-order valence-corrected chi connectivity index (χ1v) is 8.30. The third-order valence-corrected chi connectivity index (χ3v) is 4.15. The maximum Gasteiger partial charge on any atom is 0.357 e. The minimum absolute atomic E-state index is 0.0314. The molecule has 0 radical (unpaired) electrons. The van der Waals surface area contributed by atoms with Crippen molar-refractivity contribution in [2.24, 2.45) is 0 Å². The van der Waals surface area contributed by atoms with Gasteiger partial charge < -0.3 is 19.7 Å². The predicted octanol–water partition coefficient (Wildman–Crippen LogP) is 2.31. The van der Waals surface area contributed by atoms with Gasteiger partial charge in [0.2, 0.25) is 0 Å². The molecule has 2 N–H and O–H groups in total. The molecule has 3 rings (SSSR count). The molecule has 28 heavy (non-hydrogen) atoms. The molecule has 0 amide bonds. The zero-order chi connectivity index (χ0) is 20.3. The molecule has 0 unspecified atom stereocenters. The summed E-state index contributed by atoms with van der Waals surface area (Å²) in [6.45, 7) is -0.274. The number of aliphatic hydroxyl groups is 1. The quantitative estimate of drug-likeness (QED) is 0.652. The molecule has 8 heteroatoms. The number of aromatic hydroxyl groups is 1. The molecule has 2 aromatic carbocycles. The molecule has 0 aliphatic heterocycles. The van der Waals surface area contributed by atoms with Gasteiger partial charge >= 0.3 is 11.9 Å². The second kappa shape index (κ2) is 7.93. The smallest absolute Gasteiger partial charge is 0.357 e. The number of nitrogens with zero attached hydrogens (tertiary/aromatic N) is 2. The predicted molar refractivity (Wildman–Crippen MR) is 99.3 cm³/mol. The van der Waals surface area contributed by atoms with Gasteiger partial charge in [0.15, 0.2) is 5.69 Å². The van der Waals surface area contributed by atoms with E-state index in [0.29, 0.717) is 11.3 Å². The molecule has 0 atom stereocenters. The molecular formula is C20H18N2O6. The summed E-state index contributed by atoms with van der Waals surface area (Å²) in [4.78, 5) is 25.1. The molecular weight excluding hydrogens is 364 g/mol. The highest BCUT2D eigenvalue weighted by Gasteiger charge is 2.32. The average molecular weight is 382 g/mol. The number of aliphatic hydroxyl groups excluding tert-OH is 1. The molecule has 0 aliphatic carbocycles. The largest absolute Gasteiger partial charge is 0.507 e. The zero-order valence-electron chi connectivity index (χ0n) is 15.2. The SMILES string of the molecule is COC(=O)c1c(-c2cc(CO)ccc2O)nn(-c2ccccc2)c1C(=O)OC. The van der Waals surface area contributed by atoms with E-state index in [1.807, 2.05) is 0 Å². The fraction of sp³-hybridized carbons (Fsp3) is 0.150. The molecule has 1 aromatic heterocycles. The van der Waals surface area contributed by atoms with Gasteiger partial charge in [-0.1, -0.05) is 24.3 Å². The second-order valence-electron chi connectivity index (χ2n) is 5.81. The summed E-state index contributed by atoms with van der Waals surface area (Å²) in [7, 11) is 2.37. The third kappa shape index (κ3) is 3.33. The highest BCUT2D eigenvalue weighted by atomic mass is 16.5. The number of ether oxygens (including phenoxy) is 2. The standard InChI is InChI=1S/C20H18N2O6/c1-27-19(25)16-17(14-10-12(11-23)8-9-15(14)24)21-22(18(16)20(26)28-2)13-6-4-3-5-7-13/h3-10,23-24H,11H2,1-2H3. The molecule has 8 nitrogen and oxygen atoms in total. The van der Waals surface area contributed by atoms with Crippen LogP contribution in [0.5, 0.6) is 5.75 Å². The molecule has 0 saturated heterocycles. The van der Waals surface area contributed by atoms with E-state index < -0.39 is 11.9 Å². The van der Waals surface area contributed by atoms with Crippen molar-refractivity contribution in [1.29, 1.82) is 0 Å². The van der Waals surface area contributed by atoms with Crippen molar-refractivity contribution in [2.45, 2.75) is 6.61 Å². The lowest BCUT2D eigenvalue weighted by molar-refractivity contribution is 0.0549. The van der Waals surface area contributed by atoms with Crippen LogP contribution in [0, 0.1) is 0 Å². The third-order valence-electron chi connectivity index (χ3n) is 4.15. The van der Waals surface area contributed by atoms with Crippen molar-refractivity contribution in [1.82, 2.24) is 9.78 Å². The maximum atomic E-state index is 12.5. The molecule has 0 saturated carbocycles. The fourth-order valence-corrected chi connectivity index (χ4v) is 2.81. The Bertz CT molecular complexity index is 1030. The summed E-state index contributed by atoms with van der Waals surface area (Å²) < 4.78 is 11.0. The van der Waals surface area contributed by atoms with E-state index in [0.717, 1.165) is 0 Å². The number of esters is 2. The fourth-order valence-electron chi connectivity index (χ4n) is 2.81. The first kappa shape index (κ1) is 19.1. The molecule has 3 aromatic rings. The van der Waals surface area contributed by atoms with Crippen LogP contribution in [0.4, 0.5) is 0 Å². The van der Waals surface area contributed by atoms with Crippen LogP contribution in [0.3, 0.4) is 0 Å². The van der Waals surface area contributed by atoms with Crippen LogP contribution in [0.25, 0.3) is 16.9 Å². The highest BCUT2D eigenvalue weighted by Crippen LogP contribution is 2.35. The number of aromatic nitrogens is 2. The summed E-state index contributed by atoms with van der Waals surface area (Å²) in [6, 6.07) is 13.1. The van der Waals surface area contributed by atoms with Gasteiger partial charge in [-0.15, -0.1) is 0 Å². The average Bonchev–Trinajstić information content (AvgIpc) is 3.14. The number of phenols is 1. The topological polar surface area (TPSA) is 111 Å². The van der Waals surface area contributed by atoms with Crippen molar-refractivity contribution in [2.75, 3.05) is 14.2 Å². The van der Waals surface area contributed by atoms with Crippen LogP contribution in [0.1, 0.15) is 26.4 Å². The summed E-state index contributed by atoms with van der Waals surface area (Å²) in [5.74, 6) is -1.77. The number of methoxy groups -OCH3 is 2. The Morgan fingerprint density at radius 1 is 1.04 bits per heavy atom. The van der Waals surface area contributed by atoms with Crippen LogP contribution < -0.4 is 0 Å². The number of rotatable bonds is 5. The normalized spacial score (nSPS) is 10.5. The van der Waals surface area contributed by atoms with E-state index >= 15 is 0 Å². The van der Waals surface area contributed by atoms with E-state index in [9.17, 15) is 19.8 Å². The van der Waals surface area contributed by atoms with E-state index in [1.54, 1.807) is 30.3 Å². The van der Waals surface area contributed by atoms with Gasteiger partial charge in [0.25, 0.3) is 0 Å². The molecule has 0 fully saturated rings. The zero-order valence-corrected chi connectivity index (χ0v) is 15.2. The first-order valence-electron chi connectivity index (χ1n) is 8.30. The monoisotopic (exact) mass is 382 g/mol. The van der Waals surface area contributed by atoms with Crippen molar-refractivity contribution in [3.05, 3.63) is 65.4 Å². The number of phenolic OH excluding ortho intramolecular Hbond substituents is 1. The Balaban J connectivity index is 2.39. The van der Waals surface area contributed by atoms with Crippen molar-refractivity contribution in [3.8, 4) is 22.7 Å². The van der Waals surface area contributed by atoms with Crippen molar-refractivity contribution >= 4 is 11.9 Å². The van der Waals surface area contributed by atoms with E-state index in [-0.39, 0.29) is 34.9 Å². The Hall–Kier alpha value is -3.65. The summed E-state index contributed by atoms with van der Waals surface area (Å²) in [6.07, 6.45) is 0. The minimum Gasteiger partial charge on any atom is -0.507 e. The van der Waals surface area contributed by atoms with E-state index in [1.165, 1.54) is 37.1 Å². The number of hydrogen-bond donors (Lipinski definition) is 2. The molecule has 144 valence electrons. The molecule has 0 aliphatic rings. The molecule has 0 bridgehead atoms. The first-order chi connectivity index (χ1) is 13.5. The maximum absolute atomic E-state index is 12.5. The van der Waals surface area contributed by atoms with Crippen LogP contribution in [-0.2, 0) is 16.1 Å². The summed E-state index contributed by atoms with van der Waals surface area (Å²) in [5.41, 5.74) is 0.929. The van der Waals surface area contributed by atoms with Crippen LogP contribution in [0.15, 0.2) is 48.5 Å². The van der Waals surface area contributed by atoms with Crippen LogP contribution >= 0.6 is 0 Å². The van der Waals surface area contributed by atoms with Crippen molar-refractivity contribution < 1.29 is 29.3 Å². The van der Waals surface area contributed by atoms with Gasteiger partial charge in [-0.3, -0.25) is 0 Å². The van der Waals surface area contributed by atoms with Gasteiger partial charge in [-0.2, -0.15) is 5.10 Å². The lowest BCUT2D eigenvalue weighted by atomic mass is 10.0. The summed E-state index contributed by atoms with van der Waals surface area (Å²) in [5, 5.41) is 24.1. The van der Waals surface area contributed by atoms with Crippen LogP contribution in [-0.4, -0.2) is 46.2 Å². The Kier molecular flexibility index (Phi) is 5.42. The van der Waals surface area contributed by atoms with Gasteiger partial charge in [0.05, 0.1) is 26.5 Å². The number of para-hydroxylation sites is 1. The number of carbonyl (C=O) groups is 2. The second-order valence-corrected chi connectivity index (χ2v) is 5.81. The number of benzene rings is 2. The molecule has 0 spiro atoms. The number of carbonyl (C=O) groups excluding carboxylic acids is 2. The van der Waals surface area contributed by atoms with Gasteiger partial charge in [-0.25, -0.2) is 14.3 Å². The van der Waals surface area contributed by atoms with Crippen molar-refractivity contribution in [3.63, 3.8) is 0 Å². The lowest BCUT2D eigenvalue weighted by Gasteiger charge is -2.07. The van der Waals surface area contributed by atoms with E-state index in [2.05, 4.69) is 5.10 Å². The lowest BCUT2D eigenvalue weighted by Crippen LogP contribution is -2.15. The Morgan fingerprint density at radius 2 is 1.71 bits per heavy atom. The van der Waals surface area contributed by atoms with Gasteiger partial charge in [-0.05, 0) is 29.8 Å². The van der Waals surface area contributed by atoms with Gasteiger partial charge in [0.1, 0.15) is 17.0 Å². The number of hydrogen-bond acceptors (Lipinski definition) is 7. The molecule has 1 heterocycles. The van der Waals surface area contributed by atoms with Crippen LogP contribution in [0.2, 0.25) is 0 Å². The van der Waals surface area contributed by atoms with E-state index in [4.69, 9.17) is 9.47 Å². The Morgan fingerprint density at radius 3 is 2.32 bits per heavy atom.